The molecule has 11 heteroatoms. The topological polar surface area (TPSA) is 118 Å². The SMILES string of the molecule is COC(=O)c1ccc2c(c1)nc(-c1ccc3cn(CCCc4ccccc4)nc3c1)n2CCC1=CCCCC1.OCCOCCOc1c2ccccc2nn1CCC(c1ccccc1)c1ccccc1. The summed E-state index contributed by atoms with van der Waals surface area (Å²) in [6.07, 6.45) is 13.5. The molecule has 0 saturated carbocycles. The maximum absolute atomic E-state index is 12.2. The van der Waals surface area contributed by atoms with Gasteiger partial charge < -0.3 is 23.9 Å². The molecule has 9 aromatic rings. The van der Waals surface area contributed by atoms with Gasteiger partial charge in [-0.1, -0.05) is 127 Å². The molecule has 0 atom stereocenters. The van der Waals surface area contributed by atoms with Gasteiger partial charge in [0.1, 0.15) is 12.4 Å². The minimum Gasteiger partial charge on any atom is -0.475 e. The fraction of sp³-hybridized carbons (Fsp3) is 0.288. The molecule has 0 unspecified atom stereocenters. The van der Waals surface area contributed by atoms with Crippen LogP contribution in [-0.2, 0) is 35.5 Å². The van der Waals surface area contributed by atoms with E-state index in [0.717, 1.165) is 95.4 Å². The number of imidazole rings is 1. The number of nitrogens with zero attached hydrogens (tertiary/aromatic N) is 6. The number of aliphatic hydroxyl groups is 1. The molecule has 1 aliphatic carbocycles. The van der Waals surface area contributed by atoms with E-state index >= 15 is 0 Å². The zero-order valence-electron chi connectivity index (χ0n) is 40.0. The highest BCUT2D eigenvalue weighted by molar-refractivity contribution is 5.95. The van der Waals surface area contributed by atoms with Gasteiger partial charge in [-0.2, -0.15) is 10.2 Å². The van der Waals surface area contributed by atoms with Gasteiger partial charge in [0.05, 0.1) is 59.9 Å². The summed E-state index contributed by atoms with van der Waals surface area (Å²) in [5, 5.41) is 20.7. The lowest BCUT2D eigenvalue weighted by Crippen LogP contribution is -2.13. The molecule has 11 nitrogen and oxygen atoms in total. The zero-order chi connectivity index (χ0) is 47.9. The van der Waals surface area contributed by atoms with Crippen molar-refractivity contribution in [2.45, 2.75) is 76.9 Å². The number of allylic oxidation sites excluding steroid dienone is 2. The zero-order valence-corrected chi connectivity index (χ0v) is 40.0. The Bertz CT molecular complexity index is 3080. The van der Waals surface area contributed by atoms with Gasteiger partial charge in [0.2, 0.25) is 5.88 Å². The number of hydrogen-bond donors (Lipinski definition) is 1. The number of aliphatic hydroxyl groups excluding tert-OH is 1. The van der Waals surface area contributed by atoms with Crippen LogP contribution in [0.2, 0.25) is 0 Å². The number of aromatic nitrogens is 6. The van der Waals surface area contributed by atoms with Crippen molar-refractivity contribution in [1.82, 2.24) is 29.1 Å². The standard InChI is InChI=1S/C33H34N4O2.C26H28N2O3/c1-39-33(38)27-16-17-31-30(22-27)34-32(37(31)20-18-25-11-6-3-7-12-25)26-14-15-28-23-36(35-29(28)21-26)19-8-13-24-9-4-2-5-10-24;29-17-18-30-19-20-31-26-24-13-7-8-14-25(24)27-28(26)16-15-23(21-9-3-1-4-10-21)22-11-5-2-6-12-22/h2,4-5,9-11,14-17,21-23H,3,6-8,12-13,18-20H2,1H3;1-14,23,29H,15-20H2. The van der Waals surface area contributed by atoms with Crippen molar-refractivity contribution >= 4 is 38.8 Å². The molecular formula is C59H62N6O5. The van der Waals surface area contributed by atoms with Crippen LogP contribution in [0, 0.1) is 0 Å². The van der Waals surface area contributed by atoms with E-state index < -0.39 is 0 Å². The predicted molar refractivity (Wildman–Crippen MR) is 278 cm³/mol. The first-order valence-corrected chi connectivity index (χ1v) is 24.7. The number of esters is 1. The summed E-state index contributed by atoms with van der Waals surface area (Å²) < 4.78 is 22.7. The maximum atomic E-state index is 12.2. The molecular weight excluding hydrogens is 873 g/mol. The lowest BCUT2D eigenvalue weighted by Gasteiger charge is -2.19. The molecule has 3 aromatic heterocycles. The van der Waals surface area contributed by atoms with Gasteiger partial charge in [-0.05, 0) is 104 Å². The number of carbonyl (C=O) groups excluding carboxylic acids is 1. The summed E-state index contributed by atoms with van der Waals surface area (Å²) in [7, 11) is 1.41. The highest BCUT2D eigenvalue weighted by Crippen LogP contribution is 2.33. The monoisotopic (exact) mass is 934 g/mol. The van der Waals surface area contributed by atoms with Gasteiger partial charge in [-0.3, -0.25) is 4.68 Å². The van der Waals surface area contributed by atoms with Crippen molar-refractivity contribution in [3.63, 3.8) is 0 Å². The Morgan fingerprint density at radius 2 is 1.47 bits per heavy atom. The third-order valence-electron chi connectivity index (χ3n) is 13.1. The third-order valence-corrected chi connectivity index (χ3v) is 13.1. The van der Waals surface area contributed by atoms with E-state index in [-0.39, 0.29) is 18.5 Å². The van der Waals surface area contributed by atoms with Gasteiger partial charge in [0.15, 0.2) is 0 Å². The Morgan fingerprint density at radius 1 is 0.714 bits per heavy atom. The van der Waals surface area contributed by atoms with Crippen LogP contribution in [0.5, 0.6) is 5.88 Å². The molecule has 0 bridgehead atoms. The van der Waals surface area contributed by atoms with E-state index in [4.69, 9.17) is 34.5 Å². The first-order chi connectivity index (χ1) is 34.5. The van der Waals surface area contributed by atoms with Crippen LogP contribution in [0.4, 0.5) is 0 Å². The van der Waals surface area contributed by atoms with E-state index in [9.17, 15) is 4.79 Å². The van der Waals surface area contributed by atoms with Gasteiger partial charge >= 0.3 is 5.97 Å². The van der Waals surface area contributed by atoms with E-state index in [1.807, 2.05) is 47.1 Å². The molecule has 6 aromatic carbocycles. The fourth-order valence-corrected chi connectivity index (χ4v) is 9.49. The predicted octanol–water partition coefficient (Wildman–Crippen LogP) is 12.0. The molecule has 0 saturated heterocycles. The highest BCUT2D eigenvalue weighted by atomic mass is 16.5. The van der Waals surface area contributed by atoms with Crippen molar-refractivity contribution in [2.24, 2.45) is 0 Å². The molecule has 0 fully saturated rings. The van der Waals surface area contributed by atoms with E-state index in [0.29, 0.717) is 25.4 Å². The molecule has 1 aliphatic rings. The van der Waals surface area contributed by atoms with Gasteiger partial charge in [-0.15, -0.1) is 0 Å². The first kappa shape index (κ1) is 47.7. The molecule has 0 amide bonds. The fourth-order valence-electron chi connectivity index (χ4n) is 9.49. The van der Waals surface area contributed by atoms with Crippen molar-refractivity contribution in [3.05, 3.63) is 192 Å². The minimum atomic E-state index is -0.348. The normalized spacial score (nSPS) is 12.6. The van der Waals surface area contributed by atoms with Crippen LogP contribution in [0.3, 0.4) is 0 Å². The number of benzene rings is 6. The first-order valence-electron chi connectivity index (χ1n) is 24.7. The van der Waals surface area contributed by atoms with Crippen molar-refractivity contribution in [3.8, 4) is 17.3 Å². The van der Waals surface area contributed by atoms with Gasteiger partial charge in [-0.25, -0.2) is 14.5 Å². The second-order valence-corrected chi connectivity index (χ2v) is 17.8. The Labute approximate surface area is 410 Å². The number of fused-ring (bicyclic) bond motifs is 3. The minimum absolute atomic E-state index is 0.0151. The maximum Gasteiger partial charge on any atom is 0.337 e. The molecule has 70 heavy (non-hydrogen) atoms. The number of aryl methyl sites for hydroxylation is 4. The molecule has 1 N–H and O–H groups in total. The quantitative estimate of drug-likeness (QED) is 0.0456. The third kappa shape index (κ3) is 11.9. The molecule has 0 aliphatic heterocycles. The summed E-state index contributed by atoms with van der Waals surface area (Å²) in [5.41, 5.74) is 10.8. The highest BCUT2D eigenvalue weighted by Gasteiger charge is 2.19. The summed E-state index contributed by atoms with van der Waals surface area (Å²) in [5.74, 6) is 1.60. The van der Waals surface area contributed by atoms with E-state index in [1.165, 1.54) is 55.1 Å². The van der Waals surface area contributed by atoms with Crippen LogP contribution >= 0.6 is 0 Å². The van der Waals surface area contributed by atoms with Crippen LogP contribution in [-0.4, -0.2) is 73.7 Å². The summed E-state index contributed by atoms with van der Waals surface area (Å²) in [4.78, 5) is 17.2. The van der Waals surface area contributed by atoms with Crippen LogP contribution in [0.15, 0.2) is 170 Å². The second-order valence-electron chi connectivity index (χ2n) is 17.8. The average molecular weight is 935 g/mol. The Hall–Kier alpha value is -7.34. The second kappa shape index (κ2) is 23.8. The van der Waals surface area contributed by atoms with Gasteiger partial charge in [0, 0.05) is 42.7 Å². The number of rotatable bonds is 20. The Kier molecular flexibility index (Phi) is 16.2. The number of carbonyl (C=O) groups is 1. The molecule has 3 heterocycles. The summed E-state index contributed by atoms with van der Waals surface area (Å²) >= 11 is 0. The smallest absolute Gasteiger partial charge is 0.337 e. The number of methoxy groups -OCH3 is 1. The molecule has 10 rings (SSSR count). The van der Waals surface area contributed by atoms with Crippen LogP contribution in [0.25, 0.3) is 44.2 Å². The summed E-state index contributed by atoms with van der Waals surface area (Å²) in [6, 6.07) is 51.9. The lowest BCUT2D eigenvalue weighted by atomic mass is 9.88. The Balaban J connectivity index is 0.000000179. The van der Waals surface area contributed by atoms with Crippen LogP contribution in [0.1, 0.15) is 77.9 Å². The van der Waals surface area contributed by atoms with E-state index in [1.54, 1.807) is 0 Å². The van der Waals surface area contributed by atoms with E-state index in [2.05, 4.69) is 131 Å². The average Bonchev–Trinajstić information content (AvgIpc) is 4.11. The Morgan fingerprint density at radius 3 is 2.21 bits per heavy atom. The molecule has 0 radical (unpaired) electrons. The summed E-state index contributed by atoms with van der Waals surface area (Å²) in [6.45, 7) is 3.63. The largest absolute Gasteiger partial charge is 0.475 e. The molecule has 0 spiro atoms. The molecule has 358 valence electrons. The number of ether oxygens (including phenoxy) is 3. The lowest BCUT2D eigenvalue weighted by molar-refractivity contribution is 0.0601. The van der Waals surface area contributed by atoms with Crippen molar-refractivity contribution in [2.75, 3.05) is 33.5 Å². The van der Waals surface area contributed by atoms with Crippen LogP contribution < -0.4 is 4.74 Å². The van der Waals surface area contributed by atoms with Crippen molar-refractivity contribution in [1.29, 1.82) is 0 Å². The van der Waals surface area contributed by atoms with Gasteiger partial charge in [0.25, 0.3) is 0 Å². The van der Waals surface area contributed by atoms with Crippen molar-refractivity contribution < 1.29 is 24.1 Å². The number of hydrogen-bond acceptors (Lipinski definition) is 8.